The lowest BCUT2D eigenvalue weighted by Crippen LogP contribution is -2.34. The maximum atomic E-state index is 12.8. The zero-order valence-corrected chi connectivity index (χ0v) is 12.4. The fraction of sp³-hybridized carbons (Fsp3) is 0.600. The van der Waals surface area contributed by atoms with Gasteiger partial charge in [0.25, 0.3) is 5.91 Å². The van der Waals surface area contributed by atoms with Crippen molar-refractivity contribution in [2.24, 2.45) is 5.92 Å². The summed E-state index contributed by atoms with van der Waals surface area (Å²) in [7, 11) is 0. The fourth-order valence-electron chi connectivity index (χ4n) is 2.70. The van der Waals surface area contributed by atoms with Crippen molar-refractivity contribution in [3.63, 3.8) is 0 Å². The second-order valence-electron chi connectivity index (χ2n) is 5.54. The van der Waals surface area contributed by atoms with Crippen molar-refractivity contribution in [3.8, 4) is 0 Å². The molecule has 0 bridgehead atoms. The normalized spacial score (nSPS) is 22.2. The Kier molecular flexibility index (Phi) is 5.26. The molecule has 4 nitrogen and oxygen atoms in total. The molecular weight excluding hydrogens is 295 g/mol. The average molecular weight is 315 g/mol. The van der Waals surface area contributed by atoms with Gasteiger partial charge in [-0.25, -0.2) is 4.98 Å². The number of alkyl halides is 3. The SMILES string of the molecule is CCNC(=O)c1ccc(NC2CCCC(C(F)(F)F)C2)nc1. The van der Waals surface area contributed by atoms with Gasteiger partial charge in [0.2, 0.25) is 0 Å². The van der Waals surface area contributed by atoms with E-state index in [2.05, 4.69) is 15.6 Å². The van der Waals surface area contributed by atoms with Crippen LogP contribution in [0.5, 0.6) is 0 Å². The monoisotopic (exact) mass is 315 g/mol. The summed E-state index contributed by atoms with van der Waals surface area (Å²) in [5.74, 6) is -0.953. The first-order valence-corrected chi connectivity index (χ1v) is 7.47. The number of aromatic nitrogens is 1. The molecule has 1 amide bonds. The van der Waals surface area contributed by atoms with Crippen molar-refractivity contribution in [1.29, 1.82) is 0 Å². The molecule has 0 spiro atoms. The average Bonchev–Trinajstić information content (AvgIpc) is 2.48. The van der Waals surface area contributed by atoms with E-state index < -0.39 is 12.1 Å². The molecule has 1 aromatic heterocycles. The highest BCUT2D eigenvalue weighted by Gasteiger charge is 2.42. The Morgan fingerprint density at radius 1 is 1.36 bits per heavy atom. The zero-order valence-electron chi connectivity index (χ0n) is 12.4. The number of pyridine rings is 1. The van der Waals surface area contributed by atoms with Gasteiger partial charge in [-0.05, 0) is 38.3 Å². The van der Waals surface area contributed by atoms with Crippen LogP contribution in [-0.4, -0.2) is 29.7 Å². The first-order valence-electron chi connectivity index (χ1n) is 7.47. The lowest BCUT2D eigenvalue weighted by Gasteiger charge is -2.31. The van der Waals surface area contributed by atoms with Gasteiger partial charge in [0.1, 0.15) is 5.82 Å². The number of nitrogens with zero attached hydrogens (tertiary/aromatic N) is 1. The molecule has 1 heterocycles. The summed E-state index contributed by atoms with van der Waals surface area (Å²) in [6.45, 7) is 2.35. The number of nitrogens with one attached hydrogen (secondary N) is 2. The van der Waals surface area contributed by atoms with E-state index in [4.69, 9.17) is 0 Å². The maximum Gasteiger partial charge on any atom is 0.391 e. The van der Waals surface area contributed by atoms with Gasteiger partial charge in [-0.15, -0.1) is 0 Å². The maximum absolute atomic E-state index is 12.8. The highest BCUT2D eigenvalue weighted by Crippen LogP contribution is 2.38. The summed E-state index contributed by atoms with van der Waals surface area (Å²) in [4.78, 5) is 15.7. The van der Waals surface area contributed by atoms with Gasteiger partial charge in [-0.2, -0.15) is 13.2 Å². The molecule has 1 fully saturated rings. The van der Waals surface area contributed by atoms with Crippen LogP contribution in [-0.2, 0) is 0 Å². The Labute approximate surface area is 127 Å². The van der Waals surface area contributed by atoms with E-state index in [0.29, 0.717) is 30.8 Å². The number of carbonyl (C=O) groups is 1. The molecule has 2 unspecified atom stereocenters. The number of amides is 1. The van der Waals surface area contributed by atoms with Gasteiger partial charge >= 0.3 is 6.18 Å². The molecule has 0 saturated heterocycles. The third-order valence-corrected chi connectivity index (χ3v) is 3.85. The minimum atomic E-state index is -4.13. The molecule has 2 N–H and O–H groups in total. The van der Waals surface area contributed by atoms with Crippen molar-refractivity contribution in [3.05, 3.63) is 23.9 Å². The first kappa shape index (κ1) is 16.6. The number of carbonyl (C=O) groups excluding carboxylic acids is 1. The summed E-state index contributed by atoms with van der Waals surface area (Å²) in [6.07, 6.45) is -1.17. The second kappa shape index (κ2) is 6.98. The third kappa shape index (κ3) is 4.35. The van der Waals surface area contributed by atoms with Crippen LogP contribution in [0.15, 0.2) is 18.3 Å². The first-order chi connectivity index (χ1) is 10.4. The van der Waals surface area contributed by atoms with Crippen LogP contribution in [0.3, 0.4) is 0 Å². The lowest BCUT2D eigenvalue weighted by molar-refractivity contribution is -0.182. The quantitative estimate of drug-likeness (QED) is 0.896. The Morgan fingerprint density at radius 3 is 2.73 bits per heavy atom. The minimum absolute atomic E-state index is 0.0727. The van der Waals surface area contributed by atoms with E-state index in [1.165, 1.54) is 6.20 Å². The molecule has 2 atom stereocenters. The van der Waals surface area contributed by atoms with E-state index in [1.807, 2.05) is 6.92 Å². The number of anilines is 1. The van der Waals surface area contributed by atoms with Gasteiger partial charge in [0, 0.05) is 18.8 Å². The Balaban J connectivity index is 1.94. The minimum Gasteiger partial charge on any atom is -0.367 e. The van der Waals surface area contributed by atoms with Crippen LogP contribution in [0.25, 0.3) is 0 Å². The molecule has 1 aliphatic rings. The van der Waals surface area contributed by atoms with Gasteiger partial charge in [0.15, 0.2) is 0 Å². The van der Waals surface area contributed by atoms with E-state index in [1.54, 1.807) is 12.1 Å². The molecule has 22 heavy (non-hydrogen) atoms. The Hall–Kier alpha value is -1.79. The van der Waals surface area contributed by atoms with Crippen LogP contribution >= 0.6 is 0 Å². The number of hydrogen-bond donors (Lipinski definition) is 2. The molecule has 2 rings (SSSR count). The Morgan fingerprint density at radius 2 is 2.14 bits per heavy atom. The fourth-order valence-corrected chi connectivity index (χ4v) is 2.70. The number of halogens is 3. The Bertz CT molecular complexity index is 502. The van der Waals surface area contributed by atoms with Gasteiger partial charge in [-0.1, -0.05) is 6.42 Å². The van der Waals surface area contributed by atoms with Gasteiger partial charge in [-0.3, -0.25) is 4.79 Å². The highest BCUT2D eigenvalue weighted by atomic mass is 19.4. The standard InChI is InChI=1S/C15H20F3N3O/c1-2-19-14(22)10-6-7-13(20-9-10)21-12-5-3-4-11(8-12)15(16,17)18/h6-7,9,11-12H,2-5,8H2,1H3,(H,19,22)(H,20,21). The number of rotatable bonds is 4. The van der Waals surface area contributed by atoms with Crippen molar-refractivity contribution in [2.75, 3.05) is 11.9 Å². The molecule has 7 heteroatoms. The largest absolute Gasteiger partial charge is 0.391 e. The van der Waals surface area contributed by atoms with Gasteiger partial charge < -0.3 is 10.6 Å². The van der Waals surface area contributed by atoms with Crippen molar-refractivity contribution >= 4 is 11.7 Å². The molecule has 1 saturated carbocycles. The van der Waals surface area contributed by atoms with E-state index >= 15 is 0 Å². The second-order valence-corrected chi connectivity index (χ2v) is 5.54. The topological polar surface area (TPSA) is 54.0 Å². The summed E-state index contributed by atoms with van der Waals surface area (Å²) in [5.41, 5.74) is 0.434. The predicted molar refractivity (Wildman–Crippen MR) is 77.7 cm³/mol. The summed E-state index contributed by atoms with van der Waals surface area (Å²) in [6, 6.07) is 3.01. The van der Waals surface area contributed by atoms with Gasteiger partial charge in [0.05, 0.1) is 11.5 Å². The van der Waals surface area contributed by atoms with Crippen molar-refractivity contribution in [2.45, 2.75) is 44.8 Å². The van der Waals surface area contributed by atoms with Crippen LogP contribution in [0.4, 0.5) is 19.0 Å². The van der Waals surface area contributed by atoms with E-state index in [9.17, 15) is 18.0 Å². The highest BCUT2D eigenvalue weighted by molar-refractivity contribution is 5.93. The van der Waals surface area contributed by atoms with Crippen LogP contribution in [0.2, 0.25) is 0 Å². The predicted octanol–water partition coefficient (Wildman–Crippen LogP) is 3.36. The third-order valence-electron chi connectivity index (χ3n) is 3.85. The summed E-state index contributed by atoms with van der Waals surface area (Å²) < 4.78 is 38.3. The summed E-state index contributed by atoms with van der Waals surface area (Å²) in [5, 5.41) is 5.70. The van der Waals surface area contributed by atoms with Crippen LogP contribution in [0, 0.1) is 5.92 Å². The molecule has 0 aliphatic heterocycles. The van der Waals surface area contributed by atoms with Crippen LogP contribution < -0.4 is 10.6 Å². The van der Waals surface area contributed by atoms with E-state index in [-0.39, 0.29) is 24.8 Å². The van der Waals surface area contributed by atoms with Crippen LogP contribution in [0.1, 0.15) is 43.0 Å². The van der Waals surface area contributed by atoms with Crippen molar-refractivity contribution < 1.29 is 18.0 Å². The smallest absolute Gasteiger partial charge is 0.367 e. The summed E-state index contributed by atoms with van der Waals surface area (Å²) >= 11 is 0. The zero-order chi connectivity index (χ0) is 16.2. The molecular formula is C15H20F3N3O. The lowest BCUT2D eigenvalue weighted by atomic mass is 9.85. The molecule has 1 aromatic rings. The molecule has 122 valence electrons. The molecule has 0 aromatic carbocycles. The van der Waals surface area contributed by atoms with Crippen molar-refractivity contribution in [1.82, 2.24) is 10.3 Å². The van der Waals surface area contributed by atoms with E-state index in [0.717, 1.165) is 0 Å². The molecule has 0 radical (unpaired) electrons. The number of hydrogen-bond acceptors (Lipinski definition) is 3. The molecule has 1 aliphatic carbocycles.